The molecule has 0 fully saturated rings. The molecule has 3 aromatic carbocycles. The monoisotopic (exact) mass is 539 g/mol. The number of carbonyl (C=O) groups is 2. The maximum Gasteiger partial charge on any atom is 0.264 e. The molecule has 1 N–H and O–H groups in total. The fraction of sp³-hybridized carbons (Fsp3) is 0.310. The Kier molecular flexibility index (Phi) is 9.63. The van der Waals surface area contributed by atoms with Crippen molar-refractivity contribution < 1.29 is 22.4 Å². The lowest BCUT2D eigenvalue weighted by Crippen LogP contribution is -2.52. The van der Waals surface area contributed by atoms with Crippen molar-refractivity contribution in [2.75, 3.05) is 10.8 Å². The molecule has 0 saturated carbocycles. The van der Waals surface area contributed by atoms with Crippen LogP contribution in [0.2, 0.25) is 0 Å². The van der Waals surface area contributed by atoms with Crippen molar-refractivity contribution in [3.05, 3.63) is 95.8 Å². The van der Waals surface area contributed by atoms with Crippen LogP contribution in [0.1, 0.15) is 38.3 Å². The van der Waals surface area contributed by atoms with Crippen LogP contribution < -0.4 is 9.62 Å². The Hall–Kier alpha value is -3.72. The van der Waals surface area contributed by atoms with Crippen molar-refractivity contribution in [2.24, 2.45) is 0 Å². The van der Waals surface area contributed by atoms with Crippen LogP contribution in [0.5, 0.6) is 0 Å². The van der Waals surface area contributed by atoms with Crippen LogP contribution in [0, 0.1) is 12.7 Å². The van der Waals surface area contributed by atoms with Crippen molar-refractivity contribution in [3.8, 4) is 0 Å². The van der Waals surface area contributed by atoms with Gasteiger partial charge in [0.1, 0.15) is 18.4 Å². The molecule has 202 valence electrons. The first-order valence-corrected chi connectivity index (χ1v) is 14.0. The third kappa shape index (κ3) is 6.98. The van der Waals surface area contributed by atoms with E-state index in [-0.39, 0.29) is 23.0 Å². The van der Waals surface area contributed by atoms with Gasteiger partial charge in [0.05, 0.1) is 10.6 Å². The zero-order valence-corrected chi connectivity index (χ0v) is 22.9. The molecule has 0 heterocycles. The number of hydrogen-bond acceptors (Lipinski definition) is 4. The van der Waals surface area contributed by atoms with Crippen LogP contribution in [0.15, 0.2) is 83.8 Å². The quantitative estimate of drug-likeness (QED) is 0.384. The Bertz CT molecular complexity index is 1370. The Labute approximate surface area is 224 Å². The Balaban J connectivity index is 2.03. The molecule has 0 radical (unpaired) electrons. The van der Waals surface area contributed by atoms with Crippen molar-refractivity contribution in [3.63, 3.8) is 0 Å². The Morgan fingerprint density at radius 1 is 0.947 bits per heavy atom. The first kappa shape index (κ1) is 28.8. The van der Waals surface area contributed by atoms with Crippen LogP contribution in [0.3, 0.4) is 0 Å². The first-order valence-electron chi connectivity index (χ1n) is 12.5. The summed E-state index contributed by atoms with van der Waals surface area (Å²) in [5, 5.41) is 2.86. The number of halogens is 1. The number of benzene rings is 3. The van der Waals surface area contributed by atoms with Gasteiger partial charge in [0.2, 0.25) is 11.8 Å². The molecule has 3 rings (SSSR count). The standard InChI is InChI=1S/C29H34FN3O4S/c1-5-22(3)31-29(35)23(4)32(19-24-13-9-10-17-27(24)30)28(34)20-33(25-14-11-12-21(2)18-25)38(36,37)26-15-7-6-8-16-26/h6-18,22-23H,5,19-20H2,1-4H3,(H,31,35)/t22-,23-/m0/s1. The van der Waals surface area contributed by atoms with Gasteiger partial charge < -0.3 is 10.2 Å². The van der Waals surface area contributed by atoms with E-state index < -0.39 is 40.2 Å². The van der Waals surface area contributed by atoms with Gasteiger partial charge in [-0.3, -0.25) is 13.9 Å². The summed E-state index contributed by atoms with van der Waals surface area (Å²) >= 11 is 0. The largest absolute Gasteiger partial charge is 0.352 e. The molecule has 0 aliphatic heterocycles. The highest BCUT2D eigenvalue weighted by molar-refractivity contribution is 7.92. The van der Waals surface area contributed by atoms with E-state index in [4.69, 9.17) is 0 Å². The molecule has 0 bridgehead atoms. The number of aryl methyl sites for hydroxylation is 1. The van der Waals surface area contributed by atoms with Crippen LogP contribution in [-0.4, -0.2) is 43.8 Å². The number of nitrogens with one attached hydrogen (secondary N) is 1. The Morgan fingerprint density at radius 2 is 1.61 bits per heavy atom. The Morgan fingerprint density at radius 3 is 2.24 bits per heavy atom. The van der Waals surface area contributed by atoms with Gasteiger partial charge in [0, 0.05) is 18.2 Å². The predicted octanol–water partition coefficient (Wildman–Crippen LogP) is 4.66. The molecular weight excluding hydrogens is 505 g/mol. The fourth-order valence-corrected chi connectivity index (χ4v) is 5.32. The van der Waals surface area contributed by atoms with Gasteiger partial charge in [0.15, 0.2) is 0 Å². The minimum absolute atomic E-state index is 0.0255. The van der Waals surface area contributed by atoms with Crippen molar-refractivity contribution in [2.45, 2.75) is 57.6 Å². The van der Waals surface area contributed by atoms with Gasteiger partial charge in [-0.1, -0.05) is 55.5 Å². The van der Waals surface area contributed by atoms with Crippen LogP contribution in [0.25, 0.3) is 0 Å². The average Bonchev–Trinajstić information content (AvgIpc) is 2.91. The smallest absolute Gasteiger partial charge is 0.264 e. The number of carbonyl (C=O) groups excluding carboxylic acids is 2. The number of sulfonamides is 1. The maximum atomic E-state index is 14.6. The van der Waals surface area contributed by atoms with E-state index >= 15 is 0 Å². The molecule has 0 spiro atoms. The second-order valence-electron chi connectivity index (χ2n) is 9.27. The molecule has 2 atom stereocenters. The number of hydrogen-bond donors (Lipinski definition) is 1. The van der Waals surface area contributed by atoms with E-state index in [0.717, 1.165) is 9.87 Å². The molecule has 7 nitrogen and oxygen atoms in total. The molecule has 2 amide bonds. The second kappa shape index (κ2) is 12.7. The average molecular weight is 540 g/mol. The minimum Gasteiger partial charge on any atom is -0.352 e. The van der Waals surface area contributed by atoms with E-state index in [0.29, 0.717) is 12.1 Å². The molecule has 0 saturated heterocycles. The normalized spacial score (nSPS) is 12.9. The van der Waals surface area contributed by atoms with Gasteiger partial charge in [-0.2, -0.15) is 0 Å². The highest BCUT2D eigenvalue weighted by atomic mass is 32.2. The van der Waals surface area contributed by atoms with Crippen LogP contribution in [0.4, 0.5) is 10.1 Å². The molecule has 38 heavy (non-hydrogen) atoms. The molecule has 0 unspecified atom stereocenters. The van der Waals surface area contributed by atoms with E-state index in [1.54, 1.807) is 49.4 Å². The highest BCUT2D eigenvalue weighted by Crippen LogP contribution is 2.25. The van der Waals surface area contributed by atoms with E-state index in [2.05, 4.69) is 5.32 Å². The molecule has 0 aliphatic carbocycles. The van der Waals surface area contributed by atoms with E-state index in [1.807, 2.05) is 26.8 Å². The third-order valence-electron chi connectivity index (χ3n) is 6.37. The van der Waals surface area contributed by atoms with Crippen molar-refractivity contribution in [1.82, 2.24) is 10.2 Å². The summed E-state index contributed by atoms with van der Waals surface area (Å²) in [4.78, 5) is 28.1. The lowest BCUT2D eigenvalue weighted by Gasteiger charge is -2.32. The predicted molar refractivity (Wildman–Crippen MR) is 146 cm³/mol. The van der Waals surface area contributed by atoms with E-state index in [9.17, 15) is 22.4 Å². The molecular formula is C29H34FN3O4S. The van der Waals surface area contributed by atoms with Crippen molar-refractivity contribution >= 4 is 27.5 Å². The second-order valence-corrected chi connectivity index (χ2v) is 11.1. The van der Waals surface area contributed by atoms with Gasteiger partial charge in [-0.15, -0.1) is 0 Å². The van der Waals surface area contributed by atoms with Crippen LogP contribution in [-0.2, 0) is 26.2 Å². The summed E-state index contributed by atoms with van der Waals surface area (Å²) in [6, 6.07) is 19.5. The summed E-state index contributed by atoms with van der Waals surface area (Å²) < 4.78 is 43.1. The van der Waals surface area contributed by atoms with Gasteiger partial charge in [-0.25, -0.2) is 12.8 Å². The zero-order chi connectivity index (χ0) is 27.9. The first-order chi connectivity index (χ1) is 18.0. The van der Waals surface area contributed by atoms with Gasteiger partial charge >= 0.3 is 0 Å². The summed E-state index contributed by atoms with van der Waals surface area (Å²) in [5.74, 6) is -1.56. The van der Waals surface area contributed by atoms with Gasteiger partial charge in [-0.05, 0) is 63.1 Å². The lowest BCUT2D eigenvalue weighted by molar-refractivity contribution is -0.139. The SMILES string of the molecule is CC[C@H](C)NC(=O)[C@H](C)N(Cc1ccccc1F)C(=O)CN(c1cccc(C)c1)S(=O)(=O)c1ccccc1. The zero-order valence-electron chi connectivity index (χ0n) is 22.1. The number of rotatable bonds is 11. The number of amides is 2. The molecule has 0 aromatic heterocycles. The highest BCUT2D eigenvalue weighted by Gasteiger charge is 2.33. The lowest BCUT2D eigenvalue weighted by atomic mass is 10.1. The summed E-state index contributed by atoms with van der Waals surface area (Å²) in [6.07, 6.45) is 0.691. The summed E-state index contributed by atoms with van der Waals surface area (Å²) in [5.41, 5.74) is 1.34. The number of nitrogens with zero attached hydrogens (tertiary/aromatic N) is 2. The minimum atomic E-state index is -4.14. The topological polar surface area (TPSA) is 86.8 Å². The summed E-state index contributed by atoms with van der Waals surface area (Å²) in [6.45, 7) is 6.37. The molecule has 3 aromatic rings. The van der Waals surface area contributed by atoms with Crippen molar-refractivity contribution in [1.29, 1.82) is 0 Å². The third-order valence-corrected chi connectivity index (χ3v) is 8.15. The molecule has 0 aliphatic rings. The molecule has 9 heteroatoms. The fourth-order valence-electron chi connectivity index (χ4n) is 3.89. The number of anilines is 1. The van der Waals surface area contributed by atoms with Gasteiger partial charge in [0.25, 0.3) is 10.0 Å². The van der Waals surface area contributed by atoms with Crippen LogP contribution >= 0.6 is 0 Å². The van der Waals surface area contributed by atoms with E-state index in [1.165, 1.54) is 35.2 Å². The summed E-state index contributed by atoms with van der Waals surface area (Å²) in [7, 11) is -4.14. The maximum absolute atomic E-state index is 14.6.